The van der Waals surface area contributed by atoms with Gasteiger partial charge in [0.1, 0.15) is 10.7 Å². The highest BCUT2D eigenvalue weighted by atomic mass is 32.1. The Labute approximate surface area is 175 Å². The number of carbonyl (C=O) groups excluding carboxylic acids is 2. The number of carbonyl (C=O) groups is 2. The van der Waals surface area contributed by atoms with Crippen LogP contribution in [-0.2, 0) is 16.1 Å². The van der Waals surface area contributed by atoms with Crippen molar-refractivity contribution in [2.75, 3.05) is 32.2 Å². The van der Waals surface area contributed by atoms with Gasteiger partial charge in [0.15, 0.2) is 0 Å². The summed E-state index contributed by atoms with van der Waals surface area (Å²) in [5.41, 5.74) is 4.50. The Kier molecular flexibility index (Phi) is 9.04. The average molecular weight is 421 g/mol. The molecule has 2 aromatic rings. The van der Waals surface area contributed by atoms with Crippen LogP contribution in [0.25, 0.3) is 0 Å². The van der Waals surface area contributed by atoms with Crippen LogP contribution < -0.4 is 10.8 Å². The molecule has 0 bridgehead atoms. The number of thiazole rings is 1. The highest BCUT2D eigenvalue weighted by Gasteiger charge is 2.18. The Balaban J connectivity index is 2.03. The number of benzene rings is 1. The van der Waals surface area contributed by atoms with Crippen LogP contribution in [0.4, 0.5) is 10.5 Å². The fourth-order valence-electron chi connectivity index (χ4n) is 2.45. The molecule has 1 aromatic carbocycles. The molecular formula is C20H28N4O4S. The fraction of sp³-hybridized carbons (Fsp3) is 0.450. The van der Waals surface area contributed by atoms with Crippen LogP contribution in [0, 0.1) is 0 Å². The van der Waals surface area contributed by atoms with Crippen LogP contribution in [0.1, 0.15) is 47.7 Å². The van der Waals surface area contributed by atoms with E-state index in [1.54, 1.807) is 24.3 Å². The molecule has 0 unspecified atom stereocenters. The number of rotatable bonds is 10. The van der Waals surface area contributed by atoms with Crippen LogP contribution in [0.5, 0.6) is 0 Å². The third-order valence-electron chi connectivity index (χ3n) is 4.10. The largest absolute Gasteiger partial charge is 0.383 e. The molecule has 0 aliphatic heterocycles. The zero-order valence-electron chi connectivity index (χ0n) is 17.2. The lowest BCUT2D eigenvalue weighted by molar-refractivity contribution is 0.0360. The van der Waals surface area contributed by atoms with Crippen molar-refractivity contribution in [3.63, 3.8) is 0 Å². The highest BCUT2D eigenvalue weighted by Crippen LogP contribution is 2.18. The minimum absolute atomic E-state index is 0.255. The lowest BCUT2D eigenvalue weighted by atomic mass is 10.0. The topological polar surface area (TPSA) is 92.8 Å². The molecule has 0 radical (unpaired) electrons. The number of urea groups is 1. The van der Waals surface area contributed by atoms with Crippen LogP contribution in [0.3, 0.4) is 0 Å². The van der Waals surface area contributed by atoms with Crippen LogP contribution in [0.2, 0.25) is 0 Å². The van der Waals surface area contributed by atoms with E-state index < -0.39 is 5.91 Å². The predicted molar refractivity (Wildman–Crippen MR) is 113 cm³/mol. The maximum Gasteiger partial charge on any atom is 0.322 e. The van der Waals surface area contributed by atoms with E-state index >= 15 is 0 Å². The van der Waals surface area contributed by atoms with Crippen molar-refractivity contribution in [3.05, 3.63) is 45.9 Å². The third-order valence-corrected chi connectivity index (χ3v) is 4.93. The molecule has 0 fully saturated rings. The van der Waals surface area contributed by atoms with Gasteiger partial charge in [0.2, 0.25) is 0 Å². The Morgan fingerprint density at radius 2 is 1.97 bits per heavy atom. The Hall–Kier alpha value is -2.49. The van der Waals surface area contributed by atoms with Gasteiger partial charge in [-0.15, -0.1) is 11.3 Å². The summed E-state index contributed by atoms with van der Waals surface area (Å²) in [5, 5.41) is 5.19. The summed E-state index contributed by atoms with van der Waals surface area (Å²) in [6, 6.07) is 7.53. The number of hydrogen-bond donors (Lipinski definition) is 2. The standard InChI is InChI=1S/C20H28N4O4S/c1-5-28-23-19(25)17-13-29-18(22-17)12-24(10-11-27-4)20(26)21-16-8-6-15(7-9-16)14(2)3/h6-9,13-14H,5,10-12H2,1-4H3,(H,21,26)(H,23,25). The van der Waals surface area contributed by atoms with Crippen molar-refractivity contribution in [2.24, 2.45) is 0 Å². The van der Waals surface area contributed by atoms with Crippen LogP contribution >= 0.6 is 11.3 Å². The first-order valence-corrected chi connectivity index (χ1v) is 10.3. The lowest BCUT2D eigenvalue weighted by Gasteiger charge is -2.22. The number of ether oxygens (including phenoxy) is 1. The van der Waals surface area contributed by atoms with Gasteiger partial charge in [0, 0.05) is 24.7 Å². The van der Waals surface area contributed by atoms with Gasteiger partial charge < -0.3 is 15.0 Å². The van der Waals surface area contributed by atoms with Crippen molar-refractivity contribution in [2.45, 2.75) is 33.2 Å². The summed E-state index contributed by atoms with van der Waals surface area (Å²) in [6.45, 7) is 7.44. The SMILES string of the molecule is CCONC(=O)c1csc(CN(CCOC)C(=O)Nc2ccc(C(C)C)cc2)n1. The van der Waals surface area contributed by atoms with Gasteiger partial charge in [-0.05, 0) is 30.5 Å². The number of amides is 3. The van der Waals surface area contributed by atoms with Gasteiger partial charge in [-0.25, -0.2) is 15.3 Å². The van der Waals surface area contributed by atoms with Crippen molar-refractivity contribution in [1.82, 2.24) is 15.4 Å². The number of hydrogen-bond acceptors (Lipinski definition) is 6. The second-order valence-corrected chi connectivity index (χ2v) is 7.55. The Morgan fingerprint density at radius 1 is 1.24 bits per heavy atom. The molecule has 1 aromatic heterocycles. The summed E-state index contributed by atoms with van der Waals surface area (Å²) < 4.78 is 5.12. The van der Waals surface area contributed by atoms with E-state index in [2.05, 4.69) is 29.6 Å². The van der Waals surface area contributed by atoms with Crippen LogP contribution in [0.15, 0.2) is 29.6 Å². The molecule has 2 rings (SSSR count). The van der Waals surface area contributed by atoms with Crippen molar-refractivity contribution >= 4 is 29.0 Å². The predicted octanol–water partition coefficient (Wildman–Crippen LogP) is 3.63. The summed E-state index contributed by atoms with van der Waals surface area (Å²) in [6.07, 6.45) is 0. The summed E-state index contributed by atoms with van der Waals surface area (Å²) in [4.78, 5) is 35.5. The lowest BCUT2D eigenvalue weighted by Crippen LogP contribution is -2.36. The number of anilines is 1. The molecule has 0 aliphatic rings. The third kappa shape index (κ3) is 7.12. The number of hydroxylamine groups is 1. The zero-order valence-corrected chi connectivity index (χ0v) is 18.0. The molecule has 1 heterocycles. The van der Waals surface area contributed by atoms with E-state index in [4.69, 9.17) is 9.57 Å². The maximum atomic E-state index is 12.8. The van der Waals surface area contributed by atoms with Crippen molar-refractivity contribution in [3.8, 4) is 0 Å². The molecular weight excluding hydrogens is 392 g/mol. The normalized spacial score (nSPS) is 10.8. The second kappa shape index (κ2) is 11.5. The van der Waals surface area contributed by atoms with Gasteiger partial charge in [-0.3, -0.25) is 9.63 Å². The minimum atomic E-state index is -0.410. The number of aromatic nitrogens is 1. The Morgan fingerprint density at radius 3 is 2.59 bits per heavy atom. The van der Waals surface area contributed by atoms with Gasteiger partial charge >= 0.3 is 6.03 Å². The molecule has 0 saturated heterocycles. The van der Waals surface area contributed by atoms with E-state index in [9.17, 15) is 9.59 Å². The molecule has 3 amide bonds. The summed E-state index contributed by atoms with van der Waals surface area (Å²) in [5.74, 6) is 0.0180. The molecule has 2 N–H and O–H groups in total. The smallest absolute Gasteiger partial charge is 0.322 e. The maximum absolute atomic E-state index is 12.8. The van der Waals surface area contributed by atoms with E-state index in [1.165, 1.54) is 16.9 Å². The molecule has 8 nitrogen and oxygen atoms in total. The fourth-order valence-corrected chi connectivity index (χ4v) is 3.24. The first-order valence-electron chi connectivity index (χ1n) is 9.46. The first-order chi connectivity index (χ1) is 13.9. The van der Waals surface area contributed by atoms with E-state index in [0.717, 1.165) is 5.69 Å². The van der Waals surface area contributed by atoms with E-state index in [-0.39, 0.29) is 18.3 Å². The first kappa shape index (κ1) is 22.8. The molecule has 158 valence electrons. The molecule has 29 heavy (non-hydrogen) atoms. The monoisotopic (exact) mass is 420 g/mol. The number of nitrogens with zero attached hydrogens (tertiary/aromatic N) is 2. The Bertz CT molecular complexity index is 792. The van der Waals surface area contributed by atoms with E-state index in [0.29, 0.717) is 30.7 Å². The number of nitrogens with one attached hydrogen (secondary N) is 2. The minimum Gasteiger partial charge on any atom is -0.383 e. The second-order valence-electron chi connectivity index (χ2n) is 6.61. The molecule has 0 saturated carbocycles. The van der Waals surface area contributed by atoms with Gasteiger partial charge in [0.05, 0.1) is 19.8 Å². The molecule has 0 aliphatic carbocycles. The summed E-state index contributed by atoms with van der Waals surface area (Å²) in [7, 11) is 1.58. The zero-order chi connectivity index (χ0) is 21.2. The average Bonchev–Trinajstić information content (AvgIpc) is 3.18. The summed E-state index contributed by atoms with van der Waals surface area (Å²) >= 11 is 1.31. The molecule has 9 heteroatoms. The molecule has 0 atom stereocenters. The van der Waals surface area contributed by atoms with Crippen molar-refractivity contribution < 1.29 is 19.2 Å². The van der Waals surface area contributed by atoms with Gasteiger partial charge in [-0.1, -0.05) is 26.0 Å². The molecule has 0 spiro atoms. The van der Waals surface area contributed by atoms with Crippen LogP contribution in [-0.4, -0.2) is 48.7 Å². The highest BCUT2D eigenvalue weighted by molar-refractivity contribution is 7.09. The van der Waals surface area contributed by atoms with Gasteiger partial charge in [-0.2, -0.15) is 0 Å². The van der Waals surface area contributed by atoms with E-state index in [1.807, 2.05) is 24.3 Å². The quantitative estimate of drug-likeness (QED) is 0.573. The van der Waals surface area contributed by atoms with Crippen molar-refractivity contribution in [1.29, 1.82) is 0 Å². The number of methoxy groups -OCH3 is 1. The van der Waals surface area contributed by atoms with Gasteiger partial charge in [0.25, 0.3) is 5.91 Å².